The zero-order valence-electron chi connectivity index (χ0n) is 40.3. The zero-order chi connectivity index (χ0) is 46.2. The van der Waals surface area contributed by atoms with Crippen molar-refractivity contribution in [3.05, 3.63) is 24.3 Å². The van der Waals surface area contributed by atoms with Crippen LogP contribution in [0.2, 0.25) is 0 Å². The summed E-state index contributed by atoms with van der Waals surface area (Å²) in [5.41, 5.74) is 0. The standard InChI is InChI=1S/C52H99NO10/c1-3-5-7-9-11-13-15-16-17-18-19-20-21-22-23-24-25-26-27-28-29-30-32-34-36-38-40-45(56)51(61)53-43(42-62-52-50(60)49(59)48(58)46(41-54)63-52)47(57)44(55)39-37-35-33-31-14-12-10-8-6-4-2/h19-20,22-23,43-50,52,54-60H,3-18,21,24-42H2,1-2H3,(H,53,61)/b20-19-,23-22-. The third kappa shape index (κ3) is 31.2. The molecule has 11 heteroatoms. The fourth-order valence-electron chi connectivity index (χ4n) is 8.41. The van der Waals surface area contributed by atoms with E-state index in [0.717, 1.165) is 51.4 Å². The first-order chi connectivity index (χ1) is 30.7. The van der Waals surface area contributed by atoms with E-state index in [1.807, 2.05) is 0 Å². The van der Waals surface area contributed by atoms with Gasteiger partial charge in [0.25, 0.3) is 0 Å². The Labute approximate surface area is 384 Å². The maximum Gasteiger partial charge on any atom is 0.249 e. The van der Waals surface area contributed by atoms with Crippen LogP contribution in [0.4, 0.5) is 0 Å². The van der Waals surface area contributed by atoms with Gasteiger partial charge in [-0.1, -0.05) is 212 Å². The first-order valence-corrected chi connectivity index (χ1v) is 26.2. The van der Waals surface area contributed by atoms with Gasteiger partial charge >= 0.3 is 0 Å². The molecular weight excluding hydrogens is 799 g/mol. The predicted molar refractivity (Wildman–Crippen MR) is 256 cm³/mol. The summed E-state index contributed by atoms with van der Waals surface area (Å²) in [5, 5.41) is 75.7. The van der Waals surface area contributed by atoms with E-state index in [2.05, 4.69) is 43.5 Å². The van der Waals surface area contributed by atoms with Gasteiger partial charge in [0.15, 0.2) is 6.29 Å². The molecule has 0 spiro atoms. The number of aliphatic hydroxyl groups is 7. The molecule has 0 aromatic rings. The van der Waals surface area contributed by atoms with Crippen molar-refractivity contribution >= 4 is 5.91 Å². The monoisotopic (exact) mass is 898 g/mol. The van der Waals surface area contributed by atoms with Crippen LogP contribution in [0.1, 0.15) is 232 Å². The van der Waals surface area contributed by atoms with Gasteiger partial charge in [0.2, 0.25) is 5.91 Å². The second-order valence-electron chi connectivity index (χ2n) is 18.6. The molecule has 9 atom stereocenters. The molecule has 1 aliphatic heterocycles. The van der Waals surface area contributed by atoms with Crippen molar-refractivity contribution in [2.24, 2.45) is 0 Å². The number of amides is 1. The van der Waals surface area contributed by atoms with Crippen molar-refractivity contribution in [3.8, 4) is 0 Å². The molecule has 1 rings (SSSR count). The zero-order valence-corrected chi connectivity index (χ0v) is 40.3. The molecule has 0 radical (unpaired) electrons. The minimum Gasteiger partial charge on any atom is -0.394 e. The molecule has 0 aliphatic carbocycles. The predicted octanol–water partition coefficient (Wildman–Crippen LogP) is 9.79. The minimum absolute atomic E-state index is 0.257. The Hall–Kier alpha value is -1.41. The molecule has 9 unspecified atom stereocenters. The van der Waals surface area contributed by atoms with Gasteiger partial charge in [-0.2, -0.15) is 0 Å². The van der Waals surface area contributed by atoms with Crippen molar-refractivity contribution in [3.63, 3.8) is 0 Å². The lowest BCUT2D eigenvalue weighted by atomic mass is 9.98. The minimum atomic E-state index is -1.66. The van der Waals surface area contributed by atoms with E-state index in [1.165, 1.54) is 141 Å². The lowest BCUT2D eigenvalue weighted by Gasteiger charge is -2.40. The van der Waals surface area contributed by atoms with Gasteiger partial charge in [0, 0.05) is 0 Å². The average Bonchev–Trinajstić information content (AvgIpc) is 3.28. The van der Waals surface area contributed by atoms with Gasteiger partial charge in [0.05, 0.1) is 25.4 Å². The summed E-state index contributed by atoms with van der Waals surface area (Å²) in [4.78, 5) is 13.1. The van der Waals surface area contributed by atoms with Crippen molar-refractivity contribution in [1.29, 1.82) is 0 Å². The maximum absolute atomic E-state index is 13.1. The van der Waals surface area contributed by atoms with Gasteiger partial charge in [-0.05, 0) is 44.9 Å². The van der Waals surface area contributed by atoms with Crippen molar-refractivity contribution < 1.29 is 50.0 Å². The summed E-state index contributed by atoms with van der Waals surface area (Å²) in [7, 11) is 0. The smallest absolute Gasteiger partial charge is 0.249 e. The SMILES string of the molecule is CCCCCCCCCCC/C=C\C/C=C\CCCCCCCCCCCCC(O)C(=O)NC(COC1OC(CO)C(O)C(O)C1O)C(O)C(O)CCCCCCCCCCCC. The van der Waals surface area contributed by atoms with E-state index in [4.69, 9.17) is 9.47 Å². The number of unbranched alkanes of at least 4 members (excludes halogenated alkanes) is 28. The van der Waals surface area contributed by atoms with Crippen LogP contribution in [0.25, 0.3) is 0 Å². The quantitative estimate of drug-likeness (QED) is 0.0216. The normalized spacial score (nSPS) is 21.3. The Morgan fingerprint density at radius 3 is 1.41 bits per heavy atom. The molecule has 1 fully saturated rings. The fraction of sp³-hybridized carbons (Fsp3) is 0.904. The number of ether oxygens (including phenoxy) is 2. The lowest BCUT2D eigenvalue weighted by molar-refractivity contribution is -0.303. The summed E-state index contributed by atoms with van der Waals surface area (Å²) in [6, 6.07) is -1.17. The van der Waals surface area contributed by atoms with E-state index in [-0.39, 0.29) is 6.42 Å². The summed E-state index contributed by atoms with van der Waals surface area (Å²) in [5.74, 6) is -0.700. The number of carbonyl (C=O) groups excluding carboxylic acids is 1. The highest BCUT2D eigenvalue weighted by Gasteiger charge is 2.44. The second kappa shape index (κ2) is 42.0. The Bertz CT molecular complexity index is 1080. The van der Waals surface area contributed by atoms with Crippen molar-refractivity contribution in [2.45, 2.75) is 287 Å². The number of rotatable bonds is 44. The van der Waals surface area contributed by atoms with Crippen LogP contribution in [0.15, 0.2) is 24.3 Å². The van der Waals surface area contributed by atoms with E-state index < -0.39 is 74.2 Å². The molecule has 1 heterocycles. The van der Waals surface area contributed by atoms with E-state index in [0.29, 0.717) is 19.3 Å². The van der Waals surface area contributed by atoms with Crippen LogP contribution in [0, 0.1) is 0 Å². The van der Waals surface area contributed by atoms with Crippen LogP contribution in [0.5, 0.6) is 0 Å². The van der Waals surface area contributed by atoms with Crippen LogP contribution < -0.4 is 5.32 Å². The Kier molecular flexibility index (Phi) is 39.7. The first kappa shape index (κ1) is 59.6. The Morgan fingerprint density at radius 1 is 0.556 bits per heavy atom. The lowest BCUT2D eigenvalue weighted by Crippen LogP contribution is -2.60. The number of nitrogens with one attached hydrogen (secondary N) is 1. The summed E-state index contributed by atoms with van der Waals surface area (Å²) in [6.45, 7) is 3.43. The fourth-order valence-corrected chi connectivity index (χ4v) is 8.41. The molecule has 1 amide bonds. The molecule has 372 valence electrons. The van der Waals surface area contributed by atoms with Gasteiger partial charge in [0.1, 0.15) is 36.6 Å². The second-order valence-corrected chi connectivity index (χ2v) is 18.6. The molecular formula is C52H99NO10. The third-order valence-electron chi connectivity index (χ3n) is 12.8. The number of allylic oxidation sites excluding steroid dienone is 4. The molecule has 1 saturated heterocycles. The highest BCUT2D eigenvalue weighted by Crippen LogP contribution is 2.23. The summed E-state index contributed by atoms with van der Waals surface area (Å²) in [6.07, 6.45) is 36.7. The highest BCUT2D eigenvalue weighted by atomic mass is 16.7. The summed E-state index contributed by atoms with van der Waals surface area (Å²) < 4.78 is 11.1. The molecule has 0 bridgehead atoms. The first-order valence-electron chi connectivity index (χ1n) is 26.2. The van der Waals surface area contributed by atoms with Crippen molar-refractivity contribution in [2.75, 3.05) is 13.2 Å². The molecule has 1 aliphatic rings. The largest absolute Gasteiger partial charge is 0.394 e. The highest BCUT2D eigenvalue weighted by molar-refractivity contribution is 5.80. The molecule has 0 saturated carbocycles. The number of carbonyl (C=O) groups is 1. The molecule has 0 aromatic carbocycles. The van der Waals surface area contributed by atoms with Gasteiger partial charge < -0.3 is 50.5 Å². The Morgan fingerprint density at radius 2 is 0.968 bits per heavy atom. The van der Waals surface area contributed by atoms with Crippen LogP contribution in [-0.4, -0.2) is 110 Å². The van der Waals surface area contributed by atoms with Crippen LogP contribution >= 0.6 is 0 Å². The van der Waals surface area contributed by atoms with Gasteiger partial charge in [-0.25, -0.2) is 0 Å². The molecule has 63 heavy (non-hydrogen) atoms. The number of hydrogen-bond acceptors (Lipinski definition) is 10. The number of hydrogen-bond donors (Lipinski definition) is 8. The van der Waals surface area contributed by atoms with E-state index in [9.17, 15) is 40.5 Å². The van der Waals surface area contributed by atoms with E-state index >= 15 is 0 Å². The average molecular weight is 898 g/mol. The Balaban J connectivity index is 2.28. The van der Waals surface area contributed by atoms with Crippen molar-refractivity contribution in [1.82, 2.24) is 5.32 Å². The maximum atomic E-state index is 13.1. The van der Waals surface area contributed by atoms with Gasteiger partial charge in [-0.15, -0.1) is 0 Å². The van der Waals surface area contributed by atoms with Gasteiger partial charge in [-0.3, -0.25) is 4.79 Å². The number of aliphatic hydroxyl groups excluding tert-OH is 7. The molecule has 11 nitrogen and oxygen atoms in total. The third-order valence-corrected chi connectivity index (χ3v) is 12.8. The van der Waals surface area contributed by atoms with E-state index in [1.54, 1.807) is 0 Å². The van der Waals surface area contributed by atoms with Crippen LogP contribution in [0.3, 0.4) is 0 Å². The topological polar surface area (TPSA) is 189 Å². The van der Waals surface area contributed by atoms with Crippen LogP contribution in [-0.2, 0) is 14.3 Å². The molecule has 8 N–H and O–H groups in total. The summed E-state index contributed by atoms with van der Waals surface area (Å²) >= 11 is 0. The molecule has 0 aromatic heterocycles.